The third kappa shape index (κ3) is 4.30. The van der Waals surface area contributed by atoms with Crippen molar-refractivity contribution in [3.05, 3.63) is 12.2 Å². The van der Waals surface area contributed by atoms with Gasteiger partial charge in [-0.1, -0.05) is 12.2 Å². The molecular formula is C13H20O4. The van der Waals surface area contributed by atoms with E-state index in [0.29, 0.717) is 25.7 Å². The van der Waals surface area contributed by atoms with E-state index >= 15 is 0 Å². The number of carbonyl (C=O) groups is 2. The van der Waals surface area contributed by atoms with Gasteiger partial charge in [0.15, 0.2) is 0 Å². The minimum absolute atomic E-state index is 0.0518. The van der Waals surface area contributed by atoms with Gasteiger partial charge in [0.25, 0.3) is 0 Å². The van der Waals surface area contributed by atoms with Gasteiger partial charge in [0, 0.05) is 25.4 Å². The van der Waals surface area contributed by atoms with E-state index in [-0.39, 0.29) is 30.2 Å². The highest BCUT2D eigenvalue weighted by Gasteiger charge is 2.34. The molecule has 0 saturated heterocycles. The fourth-order valence-electron chi connectivity index (χ4n) is 2.28. The molecule has 0 aliphatic heterocycles. The van der Waals surface area contributed by atoms with Crippen LogP contribution in [0.25, 0.3) is 0 Å². The van der Waals surface area contributed by atoms with Gasteiger partial charge in [0.05, 0.1) is 7.11 Å². The van der Waals surface area contributed by atoms with E-state index in [4.69, 9.17) is 5.11 Å². The van der Waals surface area contributed by atoms with Crippen molar-refractivity contribution in [1.29, 1.82) is 0 Å². The van der Waals surface area contributed by atoms with Crippen molar-refractivity contribution in [2.45, 2.75) is 32.1 Å². The van der Waals surface area contributed by atoms with E-state index in [1.807, 2.05) is 12.2 Å². The lowest BCUT2D eigenvalue weighted by atomic mass is 9.89. The Morgan fingerprint density at radius 1 is 1.53 bits per heavy atom. The van der Waals surface area contributed by atoms with Crippen molar-refractivity contribution in [3.63, 3.8) is 0 Å². The van der Waals surface area contributed by atoms with Crippen LogP contribution >= 0.6 is 0 Å². The molecule has 1 fully saturated rings. The number of hydrogen-bond acceptors (Lipinski definition) is 4. The predicted octanol–water partition coefficient (Wildman–Crippen LogP) is 1.47. The monoisotopic (exact) mass is 240 g/mol. The zero-order valence-electron chi connectivity index (χ0n) is 10.2. The Morgan fingerprint density at radius 2 is 2.29 bits per heavy atom. The number of aliphatic hydroxyl groups excluding tert-OH is 1. The summed E-state index contributed by atoms with van der Waals surface area (Å²) in [5.74, 6) is 0.0689. The van der Waals surface area contributed by atoms with Gasteiger partial charge in [-0.2, -0.15) is 0 Å². The van der Waals surface area contributed by atoms with E-state index in [9.17, 15) is 9.59 Å². The maximum Gasteiger partial charge on any atom is 0.305 e. The summed E-state index contributed by atoms with van der Waals surface area (Å²) < 4.78 is 4.64. The molecule has 1 N–H and O–H groups in total. The molecule has 1 saturated carbocycles. The number of esters is 1. The van der Waals surface area contributed by atoms with Gasteiger partial charge in [-0.15, -0.1) is 0 Å². The second kappa shape index (κ2) is 7.22. The van der Waals surface area contributed by atoms with E-state index in [1.165, 1.54) is 7.11 Å². The van der Waals surface area contributed by atoms with Crippen LogP contribution in [0, 0.1) is 11.8 Å². The molecule has 0 aromatic heterocycles. The number of carbonyl (C=O) groups excluding carboxylic acids is 2. The summed E-state index contributed by atoms with van der Waals surface area (Å²) in [5.41, 5.74) is 0. The number of Topliss-reactive ketones (excluding diaryl/α,β-unsaturated/α-hetero) is 1. The maximum atomic E-state index is 11.7. The third-order valence-electron chi connectivity index (χ3n) is 3.25. The average molecular weight is 240 g/mol. The summed E-state index contributed by atoms with van der Waals surface area (Å²) in [6.45, 7) is 0.126. The van der Waals surface area contributed by atoms with Gasteiger partial charge in [0.1, 0.15) is 5.78 Å². The van der Waals surface area contributed by atoms with Crippen LogP contribution < -0.4 is 0 Å². The summed E-state index contributed by atoms with van der Waals surface area (Å²) in [5, 5.41) is 8.63. The Bertz CT molecular complexity index is 296. The zero-order valence-corrected chi connectivity index (χ0v) is 10.2. The zero-order chi connectivity index (χ0) is 12.7. The highest BCUT2D eigenvalue weighted by Crippen LogP contribution is 2.34. The Balaban J connectivity index is 2.47. The first-order valence-corrected chi connectivity index (χ1v) is 6.04. The lowest BCUT2D eigenvalue weighted by Gasteiger charge is -2.15. The molecule has 96 valence electrons. The number of rotatable bonds is 6. The fraction of sp³-hybridized carbons (Fsp3) is 0.692. The third-order valence-corrected chi connectivity index (χ3v) is 3.25. The molecule has 2 atom stereocenters. The van der Waals surface area contributed by atoms with Gasteiger partial charge >= 0.3 is 5.97 Å². The Labute approximate surface area is 102 Å². The standard InChI is InChI=1S/C13H20O4/c1-17-13(16)9-10-6-7-12(15)11(10)5-3-2-4-8-14/h2-3,10-11,14H,4-9H2,1H3/b3-2-. The minimum Gasteiger partial charge on any atom is -0.469 e. The molecule has 0 amide bonds. The van der Waals surface area contributed by atoms with E-state index in [2.05, 4.69) is 4.74 Å². The fourth-order valence-corrected chi connectivity index (χ4v) is 2.28. The van der Waals surface area contributed by atoms with E-state index in [0.717, 1.165) is 6.42 Å². The largest absolute Gasteiger partial charge is 0.469 e. The van der Waals surface area contributed by atoms with Crippen molar-refractivity contribution in [3.8, 4) is 0 Å². The first-order valence-electron chi connectivity index (χ1n) is 6.04. The Hall–Kier alpha value is -1.16. The molecule has 17 heavy (non-hydrogen) atoms. The molecule has 2 unspecified atom stereocenters. The molecule has 0 bridgehead atoms. The van der Waals surface area contributed by atoms with Crippen LogP contribution in [0.5, 0.6) is 0 Å². The van der Waals surface area contributed by atoms with Crippen molar-refractivity contribution >= 4 is 11.8 Å². The molecule has 1 rings (SSSR count). The summed E-state index contributed by atoms with van der Waals surface area (Å²) >= 11 is 0. The van der Waals surface area contributed by atoms with Crippen LogP contribution in [0.4, 0.5) is 0 Å². The van der Waals surface area contributed by atoms with Gasteiger partial charge < -0.3 is 9.84 Å². The second-order valence-electron chi connectivity index (χ2n) is 4.37. The minimum atomic E-state index is -0.242. The quantitative estimate of drug-likeness (QED) is 0.564. The van der Waals surface area contributed by atoms with Crippen LogP contribution in [-0.2, 0) is 14.3 Å². The molecule has 0 heterocycles. The van der Waals surface area contributed by atoms with Gasteiger partial charge in [0.2, 0.25) is 0 Å². The Morgan fingerprint density at radius 3 is 2.94 bits per heavy atom. The molecule has 4 nitrogen and oxygen atoms in total. The second-order valence-corrected chi connectivity index (χ2v) is 4.37. The van der Waals surface area contributed by atoms with Gasteiger partial charge in [-0.3, -0.25) is 9.59 Å². The van der Waals surface area contributed by atoms with Crippen molar-refractivity contribution in [2.24, 2.45) is 11.8 Å². The van der Waals surface area contributed by atoms with Crippen LogP contribution in [0.15, 0.2) is 12.2 Å². The van der Waals surface area contributed by atoms with Crippen LogP contribution in [0.2, 0.25) is 0 Å². The lowest BCUT2D eigenvalue weighted by molar-refractivity contribution is -0.142. The average Bonchev–Trinajstić information content (AvgIpc) is 2.66. The van der Waals surface area contributed by atoms with Crippen LogP contribution in [0.3, 0.4) is 0 Å². The number of allylic oxidation sites excluding steroid dienone is 1. The topological polar surface area (TPSA) is 63.6 Å². The summed E-state index contributed by atoms with van der Waals surface area (Å²) in [6.07, 6.45) is 6.77. The first kappa shape index (κ1) is 13.9. The molecule has 4 heteroatoms. The maximum absolute atomic E-state index is 11.7. The number of ketones is 1. The summed E-state index contributed by atoms with van der Waals surface area (Å²) in [6, 6.07) is 0. The van der Waals surface area contributed by atoms with Crippen LogP contribution in [0.1, 0.15) is 32.1 Å². The van der Waals surface area contributed by atoms with E-state index < -0.39 is 0 Å². The molecule has 1 aliphatic carbocycles. The number of aliphatic hydroxyl groups is 1. The molecule has 1 aliphatic rings. The number of ether oxygens (including phenoxy) is 1. The normalized spacial score (nSPS) is 24.5. The predicted molar refractivity (Wildman–Crippen MR) is 63.3 cm³/mol. The van der Waals surface area contributed by atoms with Crippen molar-refractivity contribution < 1.29 is 19.4 Å². The Kier molecular flexibility index (Phi) is 5.91. The van der Waals surface area contributed by atoms with Gasteiger partial charge in [-0.25, -0.2) is 0 Å². The molecule has 0 radical (unpaired) electrons. The van der Waals surface area contributed by atoms with Gasteiger partial charge in [-0.05, 0) is 25.2 Å². The molecular weight excluding hydrogens is 220 g/mol. The molecule has 0 spiro atoms. The lowest BCUT2D eigenvalue weighted by Crippen LogP contribution is -2.18. The van der Waals surface area contributed by atoms with Crippen molar-refractivity contribution in [2.75, 3.05) is 13.7 Å². The smallest absolute Gasteiger partial charge is 0.305 e. The van der Waals surface area contributed by atoms with Crippen LogP contribution in [-0.4, -0.2) is 30.6 Å². The molecule has 0 aromatic carbocycles. The highest BCUT2D eigenvalue weighted by atomic mass is 16.5. The first-order chi connectivity index (χ1) is 8.19. The highest BCUT2D eigenvalue weighted by molar-refractivity contribution is 5.84. The molecule has 0 aromatic rings. The van der Waals surface area contributed by atoms with E-state index in [1.54, 1.807) is 0 Å². The SMILES string of the molecule is COC(=O)CC1CCC(=O)C1C/C=C\CCO. The number of hydrogen-bond donors (Lipinski definition) is 1. The summed E-state index contributed by atoms with van der Waals surface area (Å²) in [4.78, 5) is 22.9. The number of methoxy groups -OCH3 is 1. The van der Waals surface area contributed by atoms with Crippen molar-refractivity contribution in [1.82, 2.24) is 0 Å². The summed E-state index contributed by atoms with van der Waals surface area (Å²) in [7, 11) is 1.37.